The predicted molar refractivity (Wildman–Crippen MR) is 114 cm³/mol. The molecule has 0 aliphatic carbocycles. The lowest BCUT2D eigenvalue weighted by Gasteiger charge is -2.56. The molecule has 166 valence electrons. The smallest absolute Gasteiger partial charge is 0.243 e. The average Bonchev–Trinajstić information content (AvgIpc) is 3.47. The van der Waals surface area contributed by atoms with Crippen LogP contribution in [0.15, 0.2) is 30.9 Å². The highest BCUT2D eigenvalue weighted by Crippen LogP contribution is 2.41. The van der Waals surface area contributed by atoms with Gasteiger partial charge in [-0.05, 0) is 44.2 Å². The lowest BCUT2D eigenvalue weighted by molar-refractivity contribution is -0.160. The van der Waals surface area contributed by atoms with E-state index in [1.165, 1.54) is 0 Å². The fraction of sp³-hybridized carbons (Fsp3) is 0.636. The molecule has 2 amide bonds. The summed E-state index contributed by atoms with van der Waals surface area (Å²) in [6.45, 7) is 4.14. The summed E-state index contributed by atoms with van der Waals surface area (Å²) >= 11 is 0. The Labute approximate surface area is 182 Å². The van der Waals surface area contributed by atoms with Gasteiger partial charge in [0.15, 0.2) is 0 Å². The quantitative estimate of drug-likeness (QED) is 0.690. The van der Waals surface area contributed by atoms with Gasteiger partial charge in [-0.3, -0.25) is 14.3 Å². The second-order valence-corrected chi connectivity index (χ2v) is 9.10. The highest BCUT2D eigenvalue weighted by molar-refractivity contribution is 5.89. The van der Waals surface area contributed by atoms with Crippen LogP contribution in [0.1, 0.15) is 37.9 Å². The van der Waals surface area contributed by atoms with Crippen molar-refractivity contribution in [1.29, 1.82) is 0 Å². The Hall–Kier alpha value is -2.68. The molecule has 3 aliphatic heterocycles. The van der Waals surface area contributed by atoms with Crippen LogP contribution >= 0.6 is 0 Å². The van der Waals surface area contributed by atoms with Gasteiger partial charge in [0.25, 0.3) is 0 Å². The van der Waals surface area contributed by atoms with Gasteiger partial charge in [-0.25, -0.2) is 4.98 Å². The number of aryl methyl sites for hydroxylation is 1. The van der Waals surface area contributed by atoms with Crippen LogP contribution in [0.4, 0.5) is 0 Å². The molecule has 4 atom stereocenters. The number of carbonyl (C=O) groups excluding carboxylic acids is 2. The number of hydrogen-bond acceptors (Lipinski definition) is 5. The van der Waals surface area contributed by atoms with Gasteiger partial charge in [-0.2, -0.15) is 5.10 Å². The first kappa shape index (κ1) is 20.2. The summed E-state index contributed by atoms with van der Waals surface area (Å²) in [4.78, 5) is 37.9. The monoisotopic (exact) mass is 425 g/mol. The van der Waals surface area contributed by atoms with Crippen LogP contribution in [-0.2, 0) is 22.7 Å². The number of nitrogens with zero attached hydrogens (tertiary/aromatic N) is 5. The van der Waals surface area contributed by atoms with Crippen LogP contribution in [0.25, 0.3) is 0 Å². The number of piperidine rings is 3. The van der Waals surface area contributed by atoms with Gasteiger partial charge < -0.3 is 20.1 Å². The van der Waals surface area contributed by atoms with Crippen molar-refractivity contribution >= 4 is 11.8 Å². The Morgan fingerprint density at radius 2 is 2.13 bits per heavy atom. The van der Waals surface area contributed by atoms with Gasteiger partial charge in [-0.1, -0.05) is 0 Å². The number of likely N-dealkylation sites (tertiary alicyclic amines) is 1. The molecule has 9 nitrogen and oxygen atoms in total. The van der Waals surface area contributed by atoms with Gasteiger partial charge in [0, 0.05) is 62.8 Å². The largest absolute Gasteiger partial charge is 0.347 e. The van der Waals surface area contributed by atoms with Gasteiger partial charge >= 0.3 is 0 Å². The second kappa shape index (κ2) is 8.82. The van der Waals surface area contributed by atoms with Crippen LogP contribution in [0.3, 0.4) is 0 Å². The summed E-state index contributed by atoms with van der Waals surface area (Å²) < 4.78 is 1.97. The van der Waals surface area contributed by atoms with E-state index >= 15 is 0 Å². The van der Waals surface area contributed by atoms with Crippen molar-refractivity contribution in [2.75, 3.05) is 19.6 Å². The van der Waals surface area contributed by atoms with E-state index in [-0.39, 0.29) is 29.8 Å². The highest BCUT2D eigenvalue weighted by atomic mass is 16.2. The number of aromatic nitrogens is 4. The SMILES string of the molecule is O=C(NCc1ncc[nH]1)[C@H]1[C@H]2C[C@H](CN(CCCn3cccn3)C2)[C@@H]2CCCC(=O)N21. The number of aromatic amines is 1. The van der Waals surface area contributed by atoms with Crippen LogP contribution in [0.5, 0.6) is 0 Å². The summed E-state index contributed by atoms with van der Waals surface area (Å²) in [7, 11) is 0. The van der Waals surface area contributed by atoms with E-state index in [2.05, 4.69) is 25.3 Å². The molecule has 2 aromatic heterocycles. The van der Waals surface area contributed by atoms with Crippen molar-refractivity contribution in [2.24, 2.45) is 11.8 Å². The summed E-state index contributed by atoms with van der Waals surface area (Å²) in [6.07, 6.45) is 11.8. The summed E-state index contributed by atoms with van der Waals surface area (Å²) in [6, 6.07) is 1.76. The summed E-state index contributed by atoms with van der Waals surface area (Å²) in [5.41, 5.74) is 0. The molecule has 3 aliphatic rings. The average molecular weight is 426 g/mol. The van der Waals surface area contributed by atoms with Crippen molar-refractivity contribution in [1.82, 2.24) is 34.9 Å². The molecule has 3 fully saturated rings. The fourth-order valence-corrected chi connectivity index (χ4v) is 5.83. The number of fused-ring (bicyclic) bond motifs is 4. The van der Waals surface area contributed by atoms with E-state index in [0.29, 0.717) is 18.9 Å². The van der Waals surface area contributed by atoms with E-state index in [1.54, 1.807) is 12.4 Å². The standard InChI is InChI=1S/C22H31N7O2/c30-20-5-1-4-18-16-12-17(15-27(14-16)9-3-11-28-10-2-6-26-28)21(29(18)20)22(31)25-13-19-23-7-8-24-19/h2,6-8,10,16-18,21H,1,3-5,9,11-15H2,(H,23,24)(H,25,31)/t16-,17+,18+,21-/m1/s1. The van der Waals surface area contributed by atoms with Crippen LogP contribution in [0, 0.1) is 11.8 Å². The zero-order chi connectivity index (χ0) is 21.2. The lowest BCUT2D eigenvalue weighted by atomic mass is 9.71. The topological polar surface area (TPSA) is 99.1 Å². The van der Waals surface area contributed by atoms with Crippen molar-refractivity contribution in [3.63, 3.8) is 0 Å². The molecule has 2 bridgehead atoms. The first-order chi connectivity index (χ1) is 15.2. The third-order valence-electron chi connectivity index (χ3n) is 7.09. The minimum Gasteiger partial charge on any atom is -0.347 e. The molecule has 9 heteroatoms. The van der Waals surface area contributed by atoms with Crippen LogP contribution in [-0.4, -0.2) is 73.1 Å². The first-order valence-electron chi connectivity index (χ1n) is 11.5. The Morgan fingerprint density at radius 1 is 1.23 bits per heavy atom. The number of hydrogen-bond donors (Lipinski definition) is 2. The molecule has 0 radical (unpaired) electrons. The van der Waals surface area contributed by atoms with Gasteiger partial charge in [0.1, 0.15) is 11.9 Å². The number of amides is 2. The molecular weight excluding hydrogens is 394 g/mol. The van der Waals surface area contributed by atoms with Gasteiger partial charge in [0.2, 0.25) is 11.8 Å². The first-order valence-corrected chi connectivity index (χ1v) is 11.5. The van der Waals surface area contributed by atoms with Crippen molar-refractivity contribution < 1.29 is 9.59 Å². The van der Waals surface area contributed by atoms with Crippen LogP contribution < -0.4 is 5.32 Å². The molecule has 5 heterocycles. The predicted octanol–water partition coefficient (Wildman–Crippen LogP) is 1.01. The number of nitrogens with one attached hydrogen (secondary N) is 2. The third kappa shape index (κ3) is 4.23. The number of rotatable bonds is 7. The molecule has 5 rings (SSSR count). The Bertz CT molecular complexity index is 882. The maximum Gasteiger partial charge on any atom is 0.243 e. The fourth-order valence-electron chi connectivity index (χ4n) is 5.83. The molecule has 0 unspecified atom stereocenters. The Kier molecular flexibility index (Phi) is 5.76. The molecule has 2 N–H and O–H groups in total. The van der Waals surface area contributed by atoms with Crippen molar-refractivity contribution in [3.05, 3.63) is 36.7 Å². The molecule has 0 aromatic carbocycles. The van der Waals surface area contributed by atoms with E-state index < -0.39 is 0 Å². The zero-order valence-electron chi connectivity index (χ0n) is 17.8. The number of carbonyl (C=O) groups is 2. The highest BCUT2D eigenvalue weighted by Gasteiger charge is 2.51. The summed E-state index contributed by atoms with van der Waals surface area (Å²) in [5, 5.41) is 7.32. The maximum absolute atomic E-state index is 13.3. The molecule has 3 saturated heterocycles. The minimum atomic E-state index is -0.377. The van der Waals surface area contributed by atoms with E-state index in [9.17, 15) is 9.59 Å². The van der Waals surface area contributed by atoms with Crippen LogP contribution in [0.2, 0.25) is 0 Å². The van der Waals surface area contributed by atoms with E-state index in [4.69, 9.17) is 0 Å². The molecule has 0 saturated carbocycles. The second-order valence-electron chi connectivity index (χ2n) is 9.10. The third-order valence-corrected chi connectivity index (χ3v) is 7.09. The Morgan fingerprint density at radius 3 is 2.94 bits per heavy atom. The molecule has 2 aromatic rings. The van der Waals surface area contributed by atoms with Crippen molar-refractivity contribution in [2.45, 2.75) is 57.3 Å². The number of H-pyrrole nitrogens is 1. The van der Waals surface area contributed by atoms with E-state index in [0.717, 1.165) is 57.7 Å². The minimum absolute atomic E-state index is 0.0431. The normalized spacial score (nSPS) is 28.4. The van der Waals surface area contributed by atoms with Gasteiger partial charge in [0.05, 0.1) is 6.54 Å². The van der Waals surface area contributed by atoms with Crippen molar-refractivity contribution in [3.8, 4) is 0 Å². The molecular formula is C22H31N7O2. The molecule has 31 heavy (non-hydrogen) atoms. The lowest BCUT2D eigenvalue weighted by Crippen LogP contribution is -2.68. The molecule has 0 spiro atoms. The van der Waals surface area contributed by atoms with Gasteiger partial charge in [-0.15, -0.1) is 0 Å². The maximum atomic E-state index is 13.3. The summed E-state index contributed by atoms with van der Waals surface area (Å²) in [5.74, 6) is 1.47. The zero-order valence-corrected chi connectivity index (χ0v) is 17.8. The van der Waals surface area contributed by atoms with E-state index in [1.807, 2.05) is 28.0 Å². The number of imidazole rings is 1. The Balaban J connectivity index is 1.28.